The number of ether oxygens (including phenoxy) is 1. The molecule has 1 saturated heterocycles. The number of carbonyl (C=O) groups excluding carboxylic acids is 3. The van der Waals surface area contributed by atoms with Crippen LogP contribution in [0.3, 0.4) is 0 Å². The van der Waals surface area contributed by atoms with E-state index in [0.29, 0.717) is 17.1 Å². The second-order valence-corrected chi connectivity index (χ2v) is 8.03. The molecule has 1 aromatic carbocycles. The van der Waals surface area contributed by atoms with Crippen LogP contribution in [0, 0.1) is 23.7 Å². The number of amides is 2. The number of rotatable bonds is 4. The van der Waals surface area contributed by atoms with Gasteiger partial charge in [0.1, 0.15) is 11.5 Å². The minimum absolute atomic E-state index is 0.140. The number of methoxy groups -OCH3 is 1. The van der Waals surface area contributed by atoms with Gasteiger partial charge in [0.25, 0.3) is 11.8 Å². The zero-order valence-corrected chi connectivity index (χ0v) is 16.7. The molecule has 7 nitrogen and oxygen atoms in total. The Bertz CT molecular complexity index is 1100. The first kappa shape index (κ1) is 18.8. The van der Waals surface area contributed by atoms with Crippen LogP contribution in [0.5, 0.6) is 0 Å². The third kappa shape index (κ3) is 2.81. The second kappa shape index (κ2) is 6.95. The van der Waals surface area contributed by atoms with Gasteiger partial charge < -0.3 is 9.15 Å². The number of halogens is 1. The Labute approximate surface area is 176 Å². The molecule has 2 aliphatic carbocycles. The van der Waals surface area contributed by atoms with Gasteiger partial charge in [0, 0.05) is 5.56 Å². The molecule has 5 rings (SSSR count). The number of imide groups is 1. The molecule has 2 bridgehead atoms. The van der Waals surface area contributed by atoms with Crippen molar-refractivity contribution in [2.75, 3.05) is 7.11 Å². The van der Waals surface area contributed by atoms with E-state index < -0.39 is 5.97 Å². The number of nitrogens with zero attached hydrogens (tertiary/aromatic N) is 2. The van der Waals surface area contributed by atoms with Crippen molar-refractivity contribution < 1.29 is 23.5 Å². The molecule has 2 heterocycles. The summed E-state index contributed by atoms with van der Waals surface area (Å²) in [6, 6.07) is 8.25. The maximum absolute atomic E-state index is 12.7. The molecular formula is C22H17ClN2O5. The van der Waals surface area contributed by atoms with Gasteiger partial charge in [-0.1, -0.05) is 23.8 Å². The lowest BCUT2D eigenvalue weighted by molar-refractivity contribution is -0.140. The highest BCUT2D eigenvalue weighted by molar-refractivity contribution is 6.33. The molecule has 0 N–H and O–H groups in total. The number of carbonyl (C=O) groups is 3. The summed E-state index contributed by atoms with van der Waals surface area (Å²) < 4.78 is 10.5. The van der Waals surface area contributed by atoms with Gasteiger partial charge in [-0.2, -0.15) is 10.1 Å². The zero-order chi connectivity index (χ0) is 21.0. The number of furan rings is 1. The number of hydrogen-bond donors (Lipinski definition) is 0. The maximum Gasteiger partial charge on any atom is 0.339 e. The van der Waals surface area contributed by atoms with E-state index in [9.17, 15) is 14.4 Å². The molecule has 4 atom stereocenters. The van der Waals surface area contributed by atoms with Crippen molar-refractivity contribution in [1.82, 2.24) is 5.01 Å². The lowest BCUT2D eigenvalue weighted by Gasteiger charge is -2.13. The smallest absolute Gasteiger partial charge is 0.339 e. The molecule has 0 radical (unpaired) electrons. The van der Waals surface area contributed by atoms with Crippen LogP contribution in [0.25, 0.3) is 11.3 Å². The fourth-order valence-electron chi connectivity index (χ4n) is 4.64. The van der Waals surface area contributed by atoms with Crippen LogP contribution in [0.1, 0.15) is 22.5 Å². The Balaban J connectivity index is 1.36. The molecule has 3 aliphatic rings. The molecule has 2 aromatic rings. The van der Waals surface area contributed by atoms with Gasteiger partial charge in [-0.15, -0.1) is 0 Å². The van der Waals surface area contributed by atoms with E-state index in [1.807, 2.05) is 12.2 Å². The topological polar surface area (TPSA) is 89.2 Å². The summed E-state index contributed by atoms with van der Waals surface area (Å²) in [6.07, 6.45) is 6.31. The number of esters is 1. The van der Waals surface area contributed by atoms with Crippen LogP contribution in [0.15, 0.2) is 52.0 Å². The van der Waals surface area contributed by atoms with Gasteiger partial charge in [-0.05, 0) is 48.6 Å². The van der Waals surface area contributed by atoms with E-state index in [1.54, 1.807) is 30.3 Å². The zero-order valence-electron chi connectivity index (χ0n) is 15.9. The molecule has 0 spiro atoms. The Kier molecular flexibility index (Phi) is 4.36. The quantitative estimate of drug-likeness (QED) is 0.324. The van der Waals surface area contributed by atoms with Gasteiger partial charge in [0.15, 0.2) is 0 Å². The van der Waals surface area contributed by atoms with Gasteiger partial charge in [-0.3, -0.25) is 9.59 Å². The first-order valence-corrected chi connectivity index (χ1v) is 9.94. The molecular weight excluding hydrogens is 408 g/mol. The van der Waals surface area contributed by atoms with Crippen molar-refractivity contribution in [3.63, 3.8) is 0 Å². The largest absolute Gasteiger partial charge is 0.465 e. The molecule has 1 aromatic heterocycles. The number of benzene rings is 1. The third-order valence-corrected chi connectivity index (χ3v) is 6.36. The maximum atomic E-state index is 12.7. The Morgan fingerprint density at radius 3 is 2.53 bits per heavy atom. The summed E-state index contributed by atoms with van der Waals surface area (Å²) in [6.45, 7) is 0. The van der Waals surface area contributed by atoms with E-state index in [1.165, 1.54) is 13.3 Å². The normalized spacial score (nSPS) is 26.8. The van der Waals surface area contributed by atoms with Crippen molar-refractivity contribution in [3.8, 4) is 11.3 Å². The Hall–Kier alpha value is -3.19. The lowest BCUT2D eigenvalue weighted by atomic mass is 9.85. The number of fused-ring (bicyclic) bond motifs is 5. The summed E-state index contributed by atoms with van der Waals surface area (Å²) in [4.78, 5) is 37.2. The minimum atomic E-state index is -0.546. The van der Waals surface area contributed by atoms with Crippen molar-refractivity contribution >= 4 is 35.6 Å². The van der Waals surface area contributed by atoms with Crippen LogP contribution >= 0.6 is 11.6 Å². The summed E-state index contributed by atoms with van der Waals surface area (Å²) >= 11 is 6.05. The second-order valence-electron chi connectivity index (χ2n) is 7.62. The highest BCUT2D eigenvalue weighted by Crippen LogP contribution is 2.52. The first-order chi connectivity index (χ1) is 14.5. The molecule has 0 unspecified atom stereocenters. The van der Waals surface area contributed by atoms with Crippen LogP contribution in [0.2, 0.25) is 5.02 Å². The molecule has 8 heteroatoms. The SMILES string of the molecule is COC(=O)c1cc(-c2ccc(/C=N\N3C(=O)[C@@H]4[C@@H](C3=O)[C@H]3C=C[C@H]4C3)o2)ccc1Cl. The van der Waals surface area contributed by atoms with Crippen LogP contribution in [0.4, 0.5) is 0 Å². The van der Waals surface area contributed by atoms with Crippen molar-refractivity contribution in [3.05, 3.63) is 58.8 Å². The average Bonchev–Trinajstić information content (AvgIpc) is 3.52. The van der Waals surface area contributed by atoms with Crippen molar-refractivity contribution in [2.45, 2.75) is 6.42 Å². The van der Waals surface area contributed by atoms with E-state index in [2.05, 4.69) is 5.10 Å². The van der Waals surface area contributed by atoms with Gasteiger partial charge in [0.2, 0.25) is 0 Å². The molecule has 152 valence electrons. The first-order valence-electron chi connectivity index (χ1n) is 9.56. The number of hydrazone groups is 1. The summed E-state index contributed by atoms with van der Waals surface area (Å²) in [5.41, 5.74) is 0.858. The molecule has 1 aliphatic heterocycles. The van der Waals surface area contributed by atoms with E-state index in [-0.39, 0.29) is 46.1 Å². The standard InChI is InChI=1S/C22H17ClN2O5/c1-29-22(28)15-9-11(4-6-16(15)23)17-7-5-14(30-17)10-24-25-20(26)18-12-2-3-13(8-12)19(18)21(25)27/h2-7,9-10,12-13,18-19H,8H2,1H3/b24-10-/t12-,13-,18-,19-/m0/s1. The minimum Gasteiger partial charge on any atom is -0.465 e. The fraction of sp³-hybridized carbons (Fsp3) is 0.273. The van der Waals surface area contributed by atoms with Crippen LogP contribution in [-0.4, -0.2) is 36.1 Å². The average molecular weight is 425 g/mol. The fourth-order valence-corrected chi connectivity index (χ4v) is 4.83. The molecule has 2 fully saturated rings. The van der Waals surface area contributed by atoms with Crippen LogP contribution in [-0.2, 0) is 14.3 Å². The van der Waals surface area contributed by atoms with E-state index in [4.69, 9.17) is 20.8 Å². The summed E-state index contributed by atoms with van der Waals surface area (Å²) in [5, 5.41) is 5.36. The highest BCUT2D eigenvalue weighted by atomic mass is 35.5. The summed E-state index contributed by atoms with van der Waals surface area (Å²) in [7, 11) is 1.28. The van der Waals surface area contributed by atoms with Gasteiger partial charge in [0.05, 0.1) is 35.7 Å². The summed E-state index contributed by atoms with van der Waals surface area (Å²) in [5.74, 6) is -0.479. The van der Waals surface area contributed by atoms with E-state index >= 15 is 0 Å². The van der Waals surface area contributed by atoms with Gasteiger partial charge >= 0.3 is 5.97 Å². The Morgan fingerprint density at radius 2 is 1.87 bits per heavy atom. The molecule has 2 amide bonds. The molecule has 1 saturated carbocycles. The van der Waals surface area contributed by atoms with E-state index in [0.717, 1.165) is 11.4 Å². The highest BCUT2D eigenvalue weighted by Gasteiger charge is 2.59. The van der Waals surface area contributed by atoms with Gasteiger partial charge in [-0.25, -0.2) is 4.79 Å². The molecule has 30 heavy (non-hydrogen) atoms. The number of allylic oxidation sites excluding steroid dienone is 2. The Morgan fingerprint density at radius 1 is 1.17 bits per heavy atom. The van der Waals surface area contributed by atoms with Crippen molar-refractivity contribution in [2.24, 2.45) is 28.8 Å². The number of hydrogen-bond acceptors (Lipinski definition) is 6. The predicted molar refractivity (Wildman–Crippen MR) is 108 cm³/mol. The van der Waals surface area contributed by atoms with Crippen LogP contribution < -0.4 is 0 Å². The van der Waals surface area contributed by atoms with Crippen molar-refractivity contribution in [1.29, 1.82) is 0 Å². The lowest BCUT2D eigenvalue weighted by Crippen LogP contribution is -2.28. The third-order valence-electron chi connectivity index (χ3n) is 6.03. The predicted octanol–water partition coefficient (Wildman–Crippen LogP) is 3.53. The monoisotopic (exact) mass is 424 g/mol.